The Kier molecular flexibility index (Phi) is 5.00. The Bertz CT molecular complexity index is 788. The minimum atomic E-state index is -0.435. The third-order valence-corrected chi connectivity index (χ3v) is 4.56. The molecule has 0 spiro atoms. The van der Waals surface area contributed by atoms with E-state index in [0.29, 0.717) is 12.0 Å². The number of ether oxygens (including phenoxy) is 1. The third kappa shape index (κ3) is 3.97. The largest absolute Gasteiger partial charge is 0.373 e. The second-order valence-electron chi connectivity index (χ2n) is 6.51. The van der Waals surface area contributed by atoms with Crippen LogP contribution in [0.15, 0.2) is 24.4 Å². The van der Waals surface area contributed by atoms with Crippen molar-refractivity contribution >= 4 is 22.5 Å². The minimum absolute atomic E-state index is 0.0146. The predicted octanol–water partition coefficient (Wildman–Crippen LogP) is 1.45. The summed E-state index contributed by atoms with van der Waals surface area (Å²) in [6.45, 7) is 4.27. The quantitative estimate of drug-likeness (QED) is 0.630. The van der Waals surface area contributed by atoms with Gasteiger partial charge in [-0.25, -0.2) is 0 Å². The van der Waals surface area contributed by atoms with Crippen molar-refractivity contribution in [2.24, 2.45) is 0 Å². The number of nitrogens with zero attached hydrogens (tertiary/aromatic N) is 2. The van der Waals surface area contributed by atoms with E-state index in [1.165, 1.54) is 12.1 Å². The van der Waals surface area contributed by atoms with Crippen LogP contribution < -0.4 is 5.32 Å². The van der Waals surface area contributed by atoms with E-state index in [1.54, 1.807) is 12.3 Å². The van der Waals surface area contributed by atoms with Gasteiger partial charge in [0, 0.05) is 42.3 Å². The van der Waals surface area contributed by atoms with E-state index in [2.05, 4.69) is 15.2 Å². The molecular formula is C17H22N4O4. The van der Waals surface area contributed by atoms with Crippen LogP contribution in [0.4, 0.5) is 5.69 Å². The molecule has 8 nitrogen and oxygen atoms in total. The van der Waals surface area contributed by atoms with Crippen molar-refractivity contribution in [2.45, 2.75) is 25.5 Å². The molecule has 0 aliphatic carbocycles. The fraction of sp³-hybridized carbons (Fsp3) is 0.471. The molecule has 2 heterocycles. The first-order valence-electron chi connectivity index (χ1n) is 8.28. The number of benzene rings is 1. The van der Waals surface area contributed by atoms with Gasteiger partial charge in [0.05, 0.1) is 30.1 Å². The lowest BCUT2D eigenvalue weighted by Crippen LogP contribution is -2.51. The number of aromatic nitrogens is 1. The first-order chi connectivity index (χ1) is 11.9. The summed E-state index contributed by atoms with van der Waals surface area (Å²) in [5.74, 6) is -0.128. The number of rotatable bonds is 5. The monoisotopic (exact) mass is 346 g/mol. The van der Waals surface area contributed by atoms with Gasteiger partial charge in [-0.05, 0) is 25.6 Å². The standard InChI is InChI=1S/C17H22N4O4/c1-11(16-10-20(2)5-6-25-16)19-17(22)7-12-9-18-15-4-3-13(21(23)24)8-14(12)15/h3-4,8-9,11,16,18H,5-7,10H2,1-2H3,(H,19,22)/t11-,16+/m0/s1. The topological polar surface area (TPSA) is 100 Å². The molecule has 0 unspecified atom stereocenters. The van der Waals surface area contributed by atoms with Crippen LogP contribution in [0, 0.1) is 10.1 Å². The van der Waals surface area contributed by atoms with Gasteiger partial charge in [-0.15, -0.1) is 0 Å². The Balaban J connectivity index is 1.67. The smallest absolute Gasteiger partial charge is 0.270 e. The average Bonchev–Trinajstić information content (AvgIpc) is 2.96. The SMILES string of the molecule is C[C@H](NC(=O)Cc1c[nH]c2ccc([N+](=O)[O-])cc12)[C@H]1CN(C)CCO1. The lowest BCUT2D eigenvalue weighted by atomic mass is 10.1. The summed E-state index contributed by atoms with van der Waals surface area (Å²) in [7, 11) is 2.03. The van der Waals surface area contributed by atoms with Crippen molar-refractivity contribution in [2.75, 3.05) is 26.7 Å². The lowest BCUT2D eigenvalue weighted by molar-refractivity contribution is -0.384. The number of nitro groups is 1. The van der Waals surface area contributed by atoms with Gasteiger partial charge in [0.1, 0.15) is 0 Å². The molecule has 1 amide bonds. The molecule has 2 aromatic rings. The van der Waals surface area contributed by atoms with E-state index >= 15 is 0 Å². The molecule has 2 atom stereocenters. The van der Waals surface area contributed by atoms with E-state index in [0.717, 1.165) is 24.2 Å². The first kappa shape index (κ1) is 17.4. The van der Waals surface area contributed by atoms with Gasteiger partial charge >= 0.3 is 0 Å². The second-order valence-corrected chi connectivity index (χ2v) is 6.51. The highest BCUT2D eigenvalue weighted by Crippen LogP contribution is 2.24. The summed E-state index contributed by atoms with van der Waals surface area (Å²) in [5.41, 5.74) is 1.53. The zero-order valence-corrected chi connectivity index (χ0v) is 14.3. The third-order valence-electron chi connectivity index (χ3n) is 4.56. The Morgan fingerprint density at radius 3 is 3.08 bits per heavy atom. The number of likely N-dealkylation sites (N-methyl/N-ethyl adjacent to an activating group) is 1. The number of amides is 1. The molecule has 1 saturated heterocycles. The van der Waals surface area contributed by atoms with Crippen molar-refractivity contribution in [3.05, 3.63) is 40.1 Å². The molecule has 25 heavy (non-hydrogen) atoms. The number of non-ortho nitro benzene ring substituents is 1. The highest BCUT2D eigenvalue weighted by molar-refractivity contribution is 5.90. The fourth-order valence-corrected chi connectivity index (χ4v) is 3.11. The molecule has 2 N–H and O–H groups in total. The van der Waals surface area contributed by atoms with Crippen LogP contribution in [0.1, 0.15) is 12.5 Å². The minimum Gasteiger partial charge on any atom is -0.373 e. The maximum Gasteiger partial charge on any atom is 0.270 e. The van der Waals surface area contributed by atoms with Crippen molar-refractivity contribution in [3.63, 3.8) is 0 Å². The van der Waals surface area contributed by atoms with E-state index in [-0.39, 0.29) is 30.2 Å². The number of nitrogens with one attached hydrogen (secondary N) is 2. The summed E-state index contributed by atoms with van der Waals surface area (Å²) in [5, 5.41) is 14.6. The van der Waals surface area contributed by atoms with Gasteiger partial charge < -0.3 is 19.9 Å². The van der Waals surface area contributed by atoms with E-state index < -0.39 is 4.92 Å². The molecule has 1 aliphatic heterocycles. The second kappa shape index (κ2) is 7.20. The maximum absolute atomic E-state index is 12.4. The van der Waals surface area contributed by atoms with E-state index in [1.807, 2.05) is 14.0 Å². The van der Waals surface area contributed by atoms with Crippen molar-refractivity contribution in [1.29, 1.82) is 0 Å². The maximum atomic E-state index is 12.4. The molecule has 1 aliphatic rings. The van der Waals surface area contributed by atoms with Crippen LogP contribution in [0.2, 0.25) is 0 Å². The van der Waals surface area contributed by atoms with Crippen molar-refractivity contribution in [1.82, 2.24) is 15.2 Å². The number of hydrogen-bond acceptors (Lipinski definition) is 5. The zero-order valence-electron chi connectivity index (χ0n) is 14.3. The molecule has 8 heteroatoms. The number of nitro benzene ring substituents is 1. The van der Waals surface area contributed by atoms with Gasteiger partial charge in [0.25, 0.3) is 5.69 Å². The molecule has 1 fully saturated rings. The van der Waals surface area contributed by atoms with Crippen LogP contribution in [0.3, 0.4) is 0 Å². The predicted molar refractivity (Wildman–Crippen MR) is 93.5 cm³/mol. The Hall–Kier alpha value is -2.45. The highest BCUT2D eigenvalue weighted by atomic mass is 16.6. The Morgan fingerprint density at radius 1 is 1.56 bits per heavy atom. The summed E-state index contributed by atoms with van der Waals surface area (Å²) in [6, 6.07) is 4.50. The number of carbonyl (C=O) groups excluding carboxylic acids is 1. The fourth-order valence-electron chi connectivity index (χ4n) is 3.11. The Morgan fingerprint density at radius 2 is 2.36 bits per heavy atom. The van der Waals surface area contributed by atoms with Gasteiger partial charge in [0.2, 0.25) is 5.91 Å². The van der Waals surface area contributed by atoms with Gasteiger partial charge in [-0.2, -0.15) is 0 Å². The summed E-state index contributed by atoms with van der Waals surface area (Å²) < 4.78 is 5.72. The van der Waals surface area contributed by atoms with Crippen LogP contribution >= 0.6 is 0 Å². The van der Waals surface area contributed by atoms with Gasteiger partial charge in [-0.3, -0.25) is 14.9 Å². The lowest BCUT2D eigenvalue weighted by Gasteiger charge is -2.33. The molecule has 0 bridgehead atoms. The molecule has 0 radical (unpaired) electrons. The van der Waals surface area contributed by atoms with Crippen molar-refractivity contribution < 1.29 is 14.5 Å². The van der Waals surface area contributed by atoms with Crippen LogP contribution in [0.25, 0.3) is 10.9 Å². The first-order valence-corrected chi connectivity index (χ1v) is 8.28. The number of aromatic amines is 1. The number of H-pyrrole nitrogens is 1. The normalized spacial score (nSPS) is 19.7. The molecular weight excluding hydrogens is 324 g/mol. The number of fused-ring (bicyclic) bond motifs is 1. The molecule has 1 aromatic heterocycles. The number of carbonyl (C=O) groups is 1. The van der Waals surface area contributed by atoms with Crippen molar-refractivity contribution in [3.8, 4) is 0 Å². The zero-order chi connectivity index (χ0) is 18.0. The molecule has 3 rings (SSSR count). The van der Waals surface area contributed by atoms with E-state index in [9.17, 15) is 14.9 Å². The summed E-state index contributed by atoms with van der Waals surface area (Å²) >= 11 is 0. The molecule has 134 valence electrons. The van der Waals surface area contributed by atoms with Gasteiger partial charge in [0.15, 0.2) is 0 Å². The molecule has 1 aromatic carbocycles. The van der Waals surface area contributed by atoms with Crippen LogP contribution in [0.5, 0.6) is 0 Å². The van der Waals surface area contributed by atoms with Crippen LogP contribution in [-0.4, -0.2) is 59.6 Å². The number of morpholine rings is 1. The van der Waals surface area contributed by atoms with E-state index in [4.69, 9.17) is 4.74 Å². The van der Waals surface area contributed by atoms with Gasteiger partial charge in [-0.1, -0.05) is 0 Å². The Labute approximate surface area is 145 Å². The summed E-state index contributed by atoms with van der Waals surface area (Å²) in [6.07, 6.45) is 1.85. The average molecular weight is 346 g/mol. The number of hydrogen-bond donors (Lipinski definition) is 2. The highest BCUT2D eigenvalue weighted by Gasteiger charge is 2.25. The summed E-state index contributed by atoms with van der Waals surface area (Å²) in [4.78, 5) is 28.1. The van der Waals surface area contributed by atoms with Crippen LogP contribution in [-0.2, 0) is 16.0 Å². The molecule has 0 saturated carbocycles.